The fourth-order valence-electron chi connectivity index (χ4n) is 2.97. The first-order chi connectivity index (χ1) is 14.6. The molecule has 152 valence electrons. The predicted octanol–water partition coefficient (Wildman–Crippen LogP) is 6.24. The van der Waals surface area contributed by atoms with Crippen molar-refractivity contribution < 1.29 is 5.48 Å². The Balaban J connectivity index is 0.000000213. The van der Waals surface area contributed by atoms with Crippen LogP contribution in [0.1, 0.15) is 22.3 Å². The molecular formula is C28H24N2O. The summed E-state index contributed by atoms with van der Waals surface area (Å²) in [5.74, 6) is 0. The third-order valence-corrected chi connectivity index (χ3v) is 4.80. The Morgan fingerprint density at radius 2 is 0.645 bits per heavy atom. The van der Waals surface area contributed by atoms with Crippen molar-refractivity contribution in [3.05, 3.63) is 119 Å². The molecule has 2 N–H and O–H groups in total. The molecule has 0 atom stereocenters. The molecule has 4 rings (SSSR count). The van der Waals surface area contributed by atoms with Gasteiger partial charge in [0.25, 0.3) is 0 Å². The summed E-state index contributed by atoms with van der Waals surface area (Å²) in [6.45, 7) is 4.14. The molecule has 4 aromatic rings. The largest absolute Gasteiger partial charge is 0.412 e. The number of aryl methyl sites for hydroxylation is 2. The van der Waals surface area contributed by atoms with Crippen LogP contribution in [-0.4, -0.2) is 5.48 Å². The molecule has 0 amide bonds. The predicted molar refractivity (Wildman–Crippen MR) is 126 cm³/mol. The molecule has 0 saturated heterocycles. The van der Waals surface area contributed by atoms with Crippen molar-refractivity contribution in [2.45, 2.75) is 13.8 Å². The van der Waals surface area contributed by atoms with Gasteiger partial charge in [-0.2, -0.15) is 10.5 Å². The third-order valence-electron chi connectivity index (χ3n) is 4.80. The van der Waals surface area contributed by atoms with Crippen LogP contribution in [0.2, 0.25) is 0 Å². The zero-order valence-corrected chi connectivity index (χ0v) is 17.6. The van der Waals surface area contributed by atoms with Gasteiger partial charge in [-0.05, 0) is 60.4 Å². The molecule has 0 fully saturated rings. The van der Waals surface area contributed by atoms with E-state index in [2.05, 4.69) is 74.5 Å². The molecule has 0 aliphatic rings. The van der Waals surface area contributed by atoms with Gasteiger partial charge in [-0.15, -0.1) is 0 Å². The second-order valence-corrected chi connectivity index (χ2v) is 7.11. The van der Waals surface area contributed by atoms with E-state index in [1.807, 2.05) is 48.5 Å². The van der Waals surface area contributed by atoms with Crippen LogP contribution in [0.5, 0.6) is 0 Å². The molecule has 0 aliphatic carbocycles. The summed E-state index contributed by atoms with van der Waals surface area (Å²) in [6.07, 6.45) is 0. The van der Waals surface area contributed by atoms with Crippen molar-refractivity contribution >= 4 is 0 Å². The van der Waals surface area contributed by atoms with E-state index < -0.39 is 0 Å². The number of nitrogens with zero attached hydrogens (tertiary/aromatic N) is 2. The molecule has 31 heavy (non-hydrogen) atoms. The van der Waals surface area contributed by atoms with Crippen molar-refractivity contribution in [3.8, 4) is 34.4 Å². The summed E-state index contributed by atoms with van der Waals surface area (Å²) >= 11 is 0. The van der Waals surface area contributed by atoms with Crippen LogP contribution in [0.4, 0.5) is 0 Å². The first kappa shape index (κ1) is 23.1. The minimum atomic E-state index is 0. The molecule has 0 spiro atoms. The molecule has 0 bridgehead atoms. The Kier molecular flexibility index (Phi) is 8.29. The molecule has 0 aromatic heterocycles. The minimum absolute atomic E-state index is 0. The molecule has 0 unspecified atom stereocenters. The smallest absolute Gasteiger partial charge is 0.0991 e. The Bertz CT molecular complexity index is 1080. The van der Waals surface area contributed by atoms with Gasteiger partial charge in [0, 0.05) is 0 Å². The monoisotopic (exact) mass is 404 g/mol. The van der Waals surface area contributed by atoms with Gasteiger partial charge < -0.3 is 5.48 Å². The van der Waals surface area contributed by atoms with Crippen molar-refractivity contribution in [2.75, 3.05) is 0 Å². The van der Waals surface area contributed by atoms with Crippen LogP contribution >= 0.6 is 0 Å². The number of hydrogen-bond donors (Lipinski definition) is 0. The van der Waals surface area contributed by atoms with E-state index in [4.69, 9.17) is 10.5 Å². The van der Waals surface area contributed by atoms with E-state index in [1.54, 1.807) is 0 Å². The van der Waals surface area contributed by atoms with E-state index >= 15 is 0 Å². The highest BCUT2D eigenvalue weighted by atomic mass is 16.0. The lowest BCUT2D eigenvalue weighted by atomic mass is 10.0. The first-order valence-corrected chi connectivity index (χ1v) is 9.73. The summed E-state index contributed by atoms with van der Waals surface area (Å²) in [5, 5.41) is 17.4. The number of hydrogen-bond acceptors (Lipinski definition) is 2. The Labute approximate surface area is 183 Å². The normalized spacial score (nSPS) is 9.29. The number of nitriles is 2. The second-order valence-electron chi connectivity index (χ2n) is 7.11. The second kappa shape index (κ2) is 11.1. The van der Waals surface area contributed by atoms with Gasteiger partial charge in [-0.25, -0.2) is 0 Å². The fourth-order valence-corrected chi connectivity index (χ4v) is 2.97. The molecule has 3 nitrogen and oxygen atoms in total. The van der Waals surface area contributed by atoms with Crippen LogP contribution in [0.25, 0.3) is 22.3 Å². The molecule has 0 aliphatic heterocycles. The van der Waals surface area contributed by atoms with Crippen molar-refractivity contribution in [3.63, 3.8) is 0 Å². The minimum Gasteiger partial charge on any atom is -0.412 e. The topological polar surface area (TPSA) is 79.1 Å². The summed E-state index contributed by atoms with van der Waals surface area (Å²) in [6, 6.07) is 36.2. The molecule has 3 heteroatoms. The molecule has 0 heterocycles. The Morgan fingerprint density at radius 1 is 0.419 bits per heavy atom. The zero-order chi connectivity index (χ0) is 21.3. The van der Waals surface area contributed by atoms with E-state index in [-0.39, 0.29) is 5.48 Å². The van der Waals surface area contributed by atoms with Crippen molar-refractivity contribution in [1.29, 1.82) is 10.5 Å². The van der Waals surface area contributed by atoms with Gasteiger partial charge in [-0.1, -0.05) is 83.9 Å². The van der Waals surface area contributed by atoms with Crippen LogP contribution in [0.15, 0.2) is 97.1 Å². The van der Waals surface area contributed by atoms with Gasteiger partial charge in [0.1, 0.15) is 0 Å². The molecular weight excluding hydrogens is 380 g/mol. The molecule has 0 saturated carbocycles. The summed E-state index contributed by atoms with van der Waals surface area (Å²) in [7, 11) is 0. The lowest BCUT2D eigenvalue weighted by Crippen LogP contribution is -1.79. The maximum atomic E-state index is 8.69. The fraction of sp³-hybridized carbons (Fsp3) is 0.0714. The quantitative estimate of drug-likeness (QED) is 0.396. The van der Waals surface area contributed by atoms with Crippen LogP contribution in [0, 0.1) is 36.5 Å². The van der Waals surface area contributed by atoms with Gasteiger partial charge >= 0.3 is 0 Å². The maximum absolute atomic E-state index is 8.69. The van der Waals surface area contributed by atoms with Gasteiger partial charge in [0.2, 0.25) is 0 Å². The maximum Gasteiger partial charge on any atom is 0.0991 e. The highest BCUT2D eigenvalue weighted by Crippen LogP contribution is 2.21. The van der Waals surface area contributed by atoms with Crippen molar-refractivity contribution in [1.82, 2.24) is 0 Å². The van der Waals surface area contributed by atoms with Gasteiger partial charge in [0.15, 0.2) is 0 Å². The van der Waals surface area contributed by atoms with Crippen LogP contribution < -0.4 is 0 Å². The average Bonchev–Trinajstić information content (AvgIpc) is 2.81. The molecule has 4 aromatic carbocycles. The standard InChI is InChI=1S/2C14H11N.H2O/c2*1-11-2-6-13(7-3-11)14-8-4-12(10-15)5-9-14;/h2*2-9H,1H3;1H2. The lowest BCUT2D eigenvalue weighted by molar-refractivity contribution is 0.824. The number of rotatable bonds is 2. The highest BCUT2D eigenvalue weighted by molar-refractivity contribution is 5.65. The van der Waals surface area contributed by atoms with Gasteiger partial charge in [0.05, 0.1) is 23.3 Å². The van der Waals surface area contributed by atoms with E-state index in [0.29, 0.717) is 11.1 Å². The van der Waals surface area contributed by atoms with Crippen molar-refractivity contribution in [2.24, 2.45) is 0 Å². The van der Waals surface area contributed by atoms with Crippen LogP contribution in [-0.2, 0) is 0 Å². The molecule has 0 radical (unpaired) electrons. The number of benzene rings is 4. The zero-order valence-electron chi connectivity index (χ0n) is 17.6. The Morgan fingerprint density at radius 3 is 0.871 bits per heavy atom. The van der Waals surface area contributed by atoms with Crippen LogP contribution in [0.3, 0.4) is 0 Å². The lowest BCUT2D eigenvalue weighted by Gasteiger charge is -2.01. The van der Waals surface area contributed by atoms with Gasteiger partial charge in [-0.3, -0.25) is 0 Å². The highest BCUT2D eigenvalue weighted by Gasteiger charge is 1.98. The van der Waals surface area contributed by atoms with E-state index in [1.165, 1.54) is 22.3 Å². The SMILES string of the molecule is Cc1ccc(-c2ccc(C#N)cc2)cc1.Cc1ccc(-c2ccc(C#N)cc2)cc1.O. The third kappa shape index (κ3) is 6.41. The summed E-state index contributed by atoms with van der Waals surface area (Å²) in [5.41, 5.74) is 8.58. The summed E-state index contributed by atoms with van der Waals surface area (Å²) in [4.78, 5) is 0. The first-order valence-electron chi connectivity index (χ1n) is 9.73. The van der Waals surface area contributed by atoms with E-state index in [9.17, 15) is 0 Å². The van der Waals surface area contributed by atoms with E-state index in [0.717, 1.165) is 11.1 Å². The average molecular weight is 405 g/mol. The Hall–Kier alpha value is -4.18. The summed E-state index contributed by atoms with van der Waals surface area (Å²) < 4.78 is 0.